The van der Waals surface area contributed by atoms with Crippen LogP contribution in [-0.4, -0.2) is 23.3 Å². The van der Waals surface area contributed by atoms with Gasteiger partial charge < -0.3 is 14.5 Å². The molecular formula is C15H19N3O2. The van der Waals surface area contributed by atoms with Crippen molar-refractivity contribution < 1.29 is 9.15 Å². The molecule has 1 aliphatic heterocycles. The molecule has 1 aromatic heterocycles. The van der Waals surface area contributed by atoms with Crippen molar-refractivity contribution in [2.75, 3.05) is 13.1 Å². The quantitative estimate of drug-likeness (QED) is 0.927. The van der Waals surface area contributed by atoms with Crippen LogP contribution < -0.4 is 10.1 Å². The van der Waals surface area contributed by atoms with E-state index >= 15 is 0 Å². The summed E-state index contributed by atoms with van der Waals surface area (Å²) in [5.41, 5.74) is 1.21. The fraction of sp³-hybridized carbons (Fsp3) is 0.467. The van der Waals surface area contributed by atoms with Crippen molar-refractivity contribution in [3.63, 3.8) is 0 Å². The van der Waals surface area contributed by atoms with Gasteiger partial charge in [-0.25, -0.2) is 0 Å². The van der Waals surface area contributed by atoms with Gasteiger partial charge >= 0.3 is 0 Å². The average Bonchev–Trinajstić information content (AvgIpc) is 2.97. The molecule has 1 aromatic carbocycles. The lowest BCUT2D eigenvalue weighted by molar-refractivity contribution is 0.253. The molecule has 2 heterocycles. The summed E-state index contributed by atoms with van der Waals surface area (Å²) in [5, 5.41) is 11.5. The van der Waals surface area contributed by atoms with Crippen molar-refractivity contribution in [1.82, 2.24) is 15.5 Å². The number of aromatic nitrogens is 2. The van der Waals surface area contributed by atoms with Gasteiger partial charge in [-0.1, -0.05) is 17.7 Å². The van der Waals surface area contributed by atoms with E-state index in [-0.39, 0.29) is 0 Å². The van der Waals surface area contributed by atoms with Crippen LogP contribution in [0.4, 0.5) is 0 Å². The molecule has 5 heteroatoms. The number of aryl methyl sites for hydroxylation is 1. The van der Waals surface area contributed by atoms with E-state index in [0.717, 1.165) is 37.6 Å². The summed E-state index contributed by atoms with van der Waals surface area (Å²) >= 11 is 0. The van der Waals surface area contributed by atoms with E-state index in [9.17, 15) is 0 Å². The highest BCUT2D eigenvalue weighted by molar-refractivity contribution is 5.26. The number of hydrogen-bond acceptors (Lipinski definition) is 5. The number of hydrogen-bond donors (Lipinski definition) is 1. The summed E-state index contributed by atoms with van der Waals surface area (Å²) < 4.78 is 11.3. The molecule has 3 rings (SSSR count). The van der Waals surface area contributed by atoms with Crippen LogP contribution in [0.15, 0.2) is 28.7 Å². The Morgan fingerprint density at radius 3 is 2.70 bits per heavy atom. The highest BCUT2D eigenvalue weighted by Crippen LogP contribution is 2.24. The first-order valence-corrected chi connectivity index (χ1v) is 7.04. The third-order valence-electron chi connectivity index (χ3n) is 3.55. The van der Waals surface area contributed by atoms with Crippen LogP contribution >= 0.6 is 0 Å². The minimum absolute atomic E-state index is 0.320. The predicted molar refractivity (Wildman–Crippen MR) is 74.7 cm³/mol. The van der Waals surface area contributed by atoms with Crippen molar-refractivity contribution in [3.8, 4) is 5.75 Å². The highest BCUT2D eigenvalue weighted by atomic mass is 16.5. The number of benzene rings is 1. The maximum Gasteiger partial charge on any atom is 0.253 e. The summed E-state index contributed by atoms with van der Waals surface area (Å²) in [4.78, 5) is 0. The van der Waals surface area contributed by atoms with E-state index in [2.05, 4.69) is 15.5 Å². The summed E-state index contributed by atoms with van der Waals surface area (Å²) in [6.45, 7) is 4.40. The van der Waals surface area contributed by atoms with Gasteiger partial charge in [-0.3, -0.25) is 0 Å². The Bertz CT molecular complexity index is 545. The minimum atomic E-state index is 0.320. The van der Waals surface area contributed by atoms with Crippen molar-refractivity contribution in [2.45, 2.75) is 32.3 Å². The van der Waals surface area contributed by atoms with E-state index in [0.29, 0.717) is 18.4 Å². The van der Waals surface area contributed by atoms with Crippen molar-refractivity contribution in [2.24, 2.45) is 0 Å². The first kappa shape index (κ1) is 13.1. The van der Waals surface area contributed by atoms with Crippen LogP contribution in [0.25, 0.3) is 0 Å². The average molecular weight is 273 g/mol. The summed E-state index contributed by atoms with van der Waals surface area (Å²) in [6.07, 6.45) is 2.11. The molecule has 0 aliphatic carbocycles. The van der Waals surface area contributed by atoms with Crippen LogP contribution in [0.1, 0.15) is 36.1 Å². The zero-order valence-electron chi connectivity index (χ0n) is 11.6. The molecule has 1 saturated heterocycles. The molecular weight excluding hydrogens is 254 g/mol. The van der Waals surface area contributed by atoms with Crippen LogP contribution in [0.2, 0.25) is 0 Å². The Labute approximate surface area is 118 Å². The maximum absolute atomic E-state index is 5.69. The first-order chi connectivity index (χ1) is 9.81. The second kappa shape index (κ2) is 6.05. The molecule has 20 heavy (non-hydrogen) atoms. The SMILES string of the molecule is Cc1ccc(OCc2nnc(C3CCNCC3)o2)cc1. The maximum atomic E-state index is 5.69. The number of nitrogens with zero attached hydrogens (tertiary/aromatic N) is 2. The Balaban J connectivity index is 1.58. The van der Waals surface area contributed by atoms with Crippen molar-refractivity contribution in [1.29, 1.82) is 0 Å². The lowest BCUT2D eigenvalue weighted by atomic mass is 9.98. The molecule has 1 fully saturated rings. The van der Waals surface area contributed by atoms with Crippen LogP contribution in [0, 0.1) is 6.92 Å². The fourth-order valence-corrected chi connectivity index (χ4v) is 2.34. The largest absolute Gasteiger partial charge is 0.484 e. The van der Waals surface area contributed by atoms with Gasteiger partial charge in [0.25, 0.3) is 5.89 Å². The second-order valence-corrected chi connectivity index (χ2v) is 5.16. The number of nitrogens with one attached hydrogen (secondary N) is 1. The molecule has 0 unspecified atom stereocenters. The van der Waals surface area contributed by atoms with Crippen LogP contribution in [-0.2, 0) is 6.61 Å². The molecule has 0 amide bonds. The molecule has 0 spiro atoms. The highest BCUT2D eigenvalue weighted by Gasteiger charge is 2.21. The minimum Gasteiger partial charge on any atom is -0.484 e. The zero-order valence-corrected chi connectivity index (χ0v) is 11.6. The normalized spacial score (nSPS) is 16.2. The molecule has 1 N–H and O–H groups in total. The number of rotatable bonds is 4. The van der Waals surface area contributed by atoms with Gasteiger partial charge in [0.2, 0.25) is 5.89 Å². The van der Waals surface area contributed by atoms with Gasteiger partial charge in [0.1, 0.15) is 5.75 Å². The standard InChI is InChI=1S/C15H19N3O2/c1-11-2-4-13(5-3-11)19-10-14-17-18-15(20-14)12-6-8-16-9-7-12/h2-5,12,16H,6-10H2,1H3. The smallest absolute Gasteiger partial charge is 0.253 e. The summed E-state index contributed by atoms with van der Waals surface area (Å²) in [6, 6.07) is 7.92. The third kappa shape index (κ3) is 3.17. The molecule has 106 valence electrons. The van der Waals surface area contributed by atoms with Crippen LogP contribution in [0.5, 0.6) is 5.75 Å². The topological polar surface area (TPSA) is 60.2 Å². The van der Waals surface area contributed by atoms with E-state index in [1.807, 2.05) is 31.2 Å². The van der Waals surface area contributed by atoms with Gasteiger partial charge in [0.05, 0.1) is 0 Å². The molecule has 5 nitrogen and oxygen atoms in total. The molecule has 0 atom stereocenters. The lowest BCUT2D eigenvalue weighted by Crippen LogP contribution is -2.26. The van der Waals surface area contributed by atoms with Gasteiger partial charge in [-0.05, 0) is 45.0 Å². The van der Waals surface area contributed by atoms with Gasteiger partial charge in [0, 0.05) is 5.92 Å². The molecule has 0 bridgehead atoms. The monoisotopic (exact) mass is 273 g/mol. The Morgan fingerprint density at radius 1 is 1.20 bits per heavy atom. The molecule has 0 radical (unpaired) electrons. The summed E-state index contributed by atoms with van der Waals surface area (Å²) in [5.74, 6) is 2.49. The van der Waals surface area contributed by atoms with Crippen molar-refractivity contribution in [3.05, 3.63) is 41.6 Å². The first-order valence-electron chi connectivity index (χ1n) is 7.04. The number of ether oxygens (including phenoxy) is 1. The Kier molecular flexibility index (Phi) is 3.97. The summed E-state index contributed by atoms with van der Waals surface area (Å²) in [7, 11) is 0. The second-order valence-electron chi connectivity index (χ2n) is 5.16. The Hall–Kier alpha value is -1.88. The van der Waals surface area contributed by atoms with E-state index in [4.69, 9.17) is 9.15 Å². The zero-order chi connectivity index (χ0) is 13.8. The Morgan fingerprint density at radius 2 is 1.95 bits per heavy atom. The van der Waals surface area contributed by atoms with Gasteiger partial charge in [-0.2, -0.15) is 0 Å². The molecule has 2 aromatic rings. The number of piperidine rings is 1. The van der Waals surface area contributed by atoms with Gasteiger partial charge in [-0.15, -0.1) is 10.2 Å². The van der Waals surface area contributed by atoms with E-state index in [1.54, 1.807) is 0 Å². The van der Waals surface area contributed by atoms with E-state index in [1.165, 1.54) is 5.56 Å². The third-order valence-corrected chi connectivity index (χ3v) is 3.55. The molecule has 0 saturated carbocycles. The fourth-order valence-electron chi connectivity index (χ4n) is 2.34. The molecule has 1 aliphatic rings. The van der Waals surface area contributed by atoms with Crippen LogP contribution in [0.3, 0.4) is 0 Å². The van der Waals surface area contributed by atoms with Gasteiger partial charge in [0.15, 0.2) is 6.61 Å². The van der Waals surface area contributed by atoms with Crippen molar-refractivity contribution >= 4 is 0 Å². The predicted octanol–water partition coefficient (Wildman–Crippen LogP) is 2.42. The lowest BCUT2D eigenvalue weighted by Gasteiger charge is -2.18. The van der Waals surface area contributed by atoms with E-state index < -0.39 is 0 Å².